The van der Waals surface area contributed by atoms with Crippen molar-refractivity contribution >= 4 is 0 Å². The summed E-state index contributed by atoms with van der Waals surface area (Å²) in [6.07, 6.45) is 5.78. The normalized spacial score (nSPS) is 8.67. The van der Waals surface area contributed by atoms with E-state index in [2.05, 4.69) is 11.9 Å². The molecule has 0 fully saturated rings. The Labute approximate surface area is 71.8 Å². The molecule has 1 heterocycles. The summed E-state index contributed by atoms with van der Waals surface area (Å²) in [7, 11) is 0. The van der Waals surface area contributed by atoms with Crippen molar-refractivity contribution in [3.63, 3.8) is 0 Å². The van der Waals surface area contributed by atoms with Gasteiger partial charge in [0, 0.05) is 12.7 Å². The third-order valence-corrected chi connectivity index (χ3v) is 1.52. The maximum absolute atomic E-state index is 8.45. The molecule has 66 valence electrons. The average Bonchev–Trinajstić information content (AvgIpc) is 2.48. The minimum atomic E-state index is 0. The van der Waals surface area contributed by atoms with Gasteiger partial charge in [-0.25, -0.2) is 4.98 Å². The molecule has 0 atom stereocenters. The van der Waals surface area contributed by atoms with Crippen molar-refractivity contribution in [1.82, 2.24) is 9.55 Å². The predicted molar refractivity (Wildman–Crippen MR) is 45.5 cm³/mol. The highest BCUT2D eigenvalue weighted by molar-refractivity contribution is 5.15. The van der Waals surface area contributed by atoms with Crippen LogP contribution in [0.1, 0.15) is 25.5 Å². The van der Waals surface area contributed by atoms with E-state index < -0.39 is 0 Å². The van der Waals surface area contributed by atoms with Gasteiger partial charge in [-0.1, -0.05) is 13.3 Å². The van der Waals surface area contributed by atoms with E-state index in [1.807, 2.05) is 10.6 Å². The molecule has 4 nitrogen and oxygen atoms in total. The topological polar surface area (TPSA) is 73.1 Å². The molecule has 0 aromatic carbocycles. The molecule has 0 spiro atoms. The van der Waals surface area contributed by atoms with Crippen LogP contribution in [0.4, 0.5) is 0 Å². The fourth-order valence-electron chi connectivity index (χ4n) is 0.881. The Morgan fingerprint density at radius 1 is 1.67 bits per heavy atom. The monoisotopic (exact) mass is 167 g/mol. The van der Waals surface area contributed by atoms with Crippen LogP contribution in [0.3, 0.4) is 0 Å². The lowest BCUT2D eigenvalue weighted by molar-refractivity contribution is 0.631. The average molecular weight is 167 g/mol. The summed E-state index contributed by atoms with van der Waals surface area (Å²) in [4.78, 5) is 3.89. The zero-order valence-electron chi connectivity index (χ0n) is 7.12. The van der Waals surface area contributed by atoms with E-state index in [0.29, 0.717) is 5.69 Å². The number of hydrogen-bond donors (Lipinski definition) is 0. The molecule has 0 aliphatic rings. The van der Waals surface area contributed by atoms with Crippen LogP contribution >= 0.6 is 0 Å². The molecule has 0 saturated heterocycles. The van der Waals surface area contributed by atoms with Gasteiger partial charge in [-0.2, -0.15) is 5.26 Å². The van der Waals surface area contributed by atoms with Gasteiger partial charge >= 0.3 is 0 Å². The molecule has 2 N–H and O–H groups in total. The van der Waals surface area contributed by atoms with Crippen molar-refractivity contribution in [3.05, 3.63) is 18.2 Å². The van der Waals surface area contributed by atoms with Crippen LogP contribution < -0.4 is 0 Å². The first kappa shape index (κ1) is 10.7. The van der Waals surface area contributed by atoms with Gasteiger partial charge < -0.3 is 10.0 Å². The number of aromatic nitrogens is 2. The number of nitrogens with zero attached hydrogens (tertiary/aromatic N) is 3. The van der Waals surface area contributed by atoms with Crippen molar-refractivity contribution in [2.45, 2.75) is 26.3 Å². The van der Waals surface area contributed by atoms with E-state index in [-0.39, 0.29) is 5.48 Å². The van der Waals surface area contributed by atoms with Crippen molar-refractivity contribution < 1.29 is 5.48 Å². The highest BCUT2D eigenvalue weighted by atomic mass is 16.0. The van der Waals surface area contributed by atoms with Crippen molar-refractivity contribution in [2.24, 2.45) is 0 Å². The summed E-state index contributed by atoms with van der Waals surface area (Å²) in [6, 6.07) is 1.99. The summed E-state index contributed by atoms with van der Waals surface area (Å²) >= 11 is 0. The summed E-state index contributed by atoms with van der Waals surface area (Å²) in [5.41, 5.74) is 0.501. The second-order valence-electron chi connectivity index (χ2n) is 2.46. The minimum Gasteiger partial charge on any atom is -0.412 e. The molecule has 0 radical (unpaired) electrons. The van der Waals surface area contributed by atoms with Crippen LogP contribution in [0.25, 0.3) is 0 Å². The second kappa shape index (κ2) is 5.33. The molecule has 0 unspecified atom stereocenters. The van der Waals surface area contributed by atoms with Crippen molar-refractivity contribution in [1.29, 1.82) is 5.26 Å². The summed E-state index contributed by atoms with van der Waals surface area (Å²) in [5.74, 6) is 0. The molecule has 1 aromatic heterocycles. The van der Waals surface area contributed by atoms with Gasteiger partial charge in [-0.3, -0.25) is 0 Å². The molecule has 0 aliphatic heterocycles. The molecule has 4 heteroatoms. The van der Waals surface area contributed by atoms with Crippen LogP contribution in [0.5, 0.6) is 0 Å². The smallest absolute Gasteiger partial charge is 0.158 e. The summed E-state index contributed by atoms with van der Waals surface area (Å²) in [6.45, 7) is 3.10. The highest BCUT2D eigenvalue weighted by Gasteiger charge is 1.94. The Bertz CT molecular complexity index is 262. The Hall–Kier alpha value is -1.34. The quantitative estimate of drug-likeness (QED) is 0.665. The Kier molecular flexibility index (Phi) is 4.73. The van der Waals surface area contributed by atoms with Gasteiger partial charge in [0.2, 0.25) is 0 Å². The van der Waals surface area contributed by atoms with Gasteiger partial charge in [0.05, 0.1) is 6.33 Å². The zero-order valence-corrected chi connectivity index (χ0v) is 7.12. The zero-order chi connectivity index (χ0) is 8.10. The van der Waals surface area contributed by atoms with Crippen LogP contribution in [0.2, 0.25) is 0 Å². The summed E-state index contributed by atoms with van der Waals surface area (Å²) < 4.78 is 1.95. The number of imidazole rings is 1. The second-order valence-corrected chi connectivity index (χ2v) is 2.46. The molecule has 0 amide bonds. The van der Waals surface area contributed by atoms with E-state index in [1.54, 1.807) is 12.5 Å². The molecule has 0 aliphatic carbocycles. The van der Waals surface area contributed by atoms with Crippen molar-refractivity contribution in [3.8, 4) is 6.07 Å². The van der Waals surface area contributed by atoms with Gasteiger partial charge in [0.25, 0.3) is 0 Å². The SMILES string of the molecule is CCCCn1cnc(C#N)c1.O. The van der Waals surface area contributed by atoms with Gasteiger partial charge in [-0.05, 0) is 6.42 Å². The molecular formula is C8H13N3O. The number of nitriles is 1. The maximum Gasteiger partial charge on any atom is 0.158 e. The first-order valence-electron chi connectivity index (χ1n) is 3.78. The fraction of sp³-hybridized carbons (Fsp3) is 0.500. The van der Waals surface area contributed by atoms with E-state index in [0.717, 1.165) is 13.0 Å². The number of rotatable bonds is 3. The summed E-state index contributed by atoms with van der Waals surface area (Å²) in [5, 5.41) is 8.45. The lowest BCUT2D eigenvalue weighted by atomic mass is 10.3. The van der Waals surface area contributed by atoms with Crippen LogP contribution in [-0.2, 0) is 6.54 Å². The van der Waals surface area contributed by atoms with E-state index in [1.165, 1.54) is 6.42 Å². The first-order chi connectivity index (χ1) is 5.36. The standard InChI is InChI=1S/C8H11N3.H2O/c1-2-3-4-11-6-8(5-9)10-7-11;/h6-7H,2-4H2,1H3;1H2. The Morgan fingerprint density at radius 3 is 2.92 bits per heavy atom. The predicted octanol–water partition coefficient (Wildman–Crippen LogP) is 0.730. The minimum absolute atomic E-state index is 0. The number of unbranched alkanes of at least 4 members (excludes halogenated alkanes) is 1. The number of hydrogen-bond acceptors (Lipinski definition) is 2. The van der Waals surface area contributed by atoms with Crippen LogP contribution in [0, 0.1) is 11.3 Å². The third kappa shape index (κ3) is 2.72. The lowest BCUT2D eigenvalue weighted by Gasteiger charge is -1.96. The molecule has 12 heavy (non-hydrogen) atoms. The van der Waals surface area contributed by atoms with Crippen LogP contribution in [0.15, 0.2) is 12.5 Å². The van der Waals surface area contributed by atoms with E-state index in [4.69, 9.17) is 5.26 Å². The van der Waals surface area contributed by atoms with E-state index >= 15 is 0 Å². The maximum atomic E-state index is 8.45. The fourth-order valence-corrected chi connectivity index (χ4v) is 0.881. The molecule has 0 bridgehead atoms. The van der Waals surface area contributed by atoms with Gasteiger partial charge in [-0.15, -0.1) is 0 Å². The van der Waals surface area contributed by atoms with Gasteiger partial charge in [0.15, 0.2) is 5.69 Å². The van der Waals surface area contributed by atoms with Crippen LogP contribution in [-0.4, -0.2) is 15.0 Å². The largest absolute Gasteiger partial charge is 0.412 e. The molecular weight excluding hydrogens is 154 g/mol. The molecule has 1 rings (SSSR count). The third-order valence-electron chi connectivity index (χ3n) is 1.52. The lowest BCUT2D eigenvalue weighted by Crippen LogP contribution is -1.92. The number of aryl methyl sites for hydroxylation is 1. The highest BCUT2D eigenvalue weighted by Crippen LogP contribution is 1.97. The first-order valence-corrected chi connectivity index (χ1v) is 3.78. The molecule has 1 aromatic rings. The van der Waals surface area contributed by atoms with Crippen molar-refractivity contribution in [2.75, 3.05) is 0 Å². The van der Waals surface area contributed by atoms with E-state index in [9.17, 15) is 0 Å². The Balaban J connectivity index is 0.00000121. The van der Waals surface area contributed by atoms with Gasteiger partial charge in [0.1, 0.15) is 6.07 Å². The Morgan fingerprint density at radius 2 is 2.42 bits per heavy atom. The molecule has 0 saturated carbocycles.